The van der Waals surface area contributed by atoms with Crippen LogP contribution in [0.1, 0.15) is 0 Å². The summed E-state index contributed by atoms with van der Waals surface area (Å²) in [6.45, 7) is 3.58. The number of amides is 3. The Morgan fingerprint density at radius 1 is 1.10 bits per heavy atom. The van der Waals surface area contributed by atoms with Crippen molar-refractivity contribution in [2.24, 2.45) is 0 Å². The number of aromatic nitrogens is 2. The molecule has 2 heterocycles. The van der Waals surface area contributed by atoms with Gasteiger partial charge in [-0.15, -0.1) is 5.06 Å². The van der Waals surface area contributed by atoms with E-state index in [1.165, 1.54) is 18.6 Å². The Morgan fingerprint density at radius 2 is 1.86 bits per heavy atom. The molecule has 104 valence electrons. The molecule has 1 aromatic heterocycles. The van der Waals surface area contributed by atoms with Crippen molar-refractivity contribution < 1.29 is 14.4 Å². The number of nitrogens with zero attached hydrogens (tertiary/aromatic N) is 4. The molecule has 0 radical (unpaired) electrons. The molecule has 0 spiro atoms. The van der Waals surface area contributed by atoms with Crippen LogP contribution in [0.2, 0.25) is 0 Å². The van der Waals surface area contributed by atoms with E-state index in [4.69, 9.17) is 4.84 Å². The molecule has 7 heteroatoms. The number of benzene rings is 1. The quantitative estimate of drug-likeness (QED) is 0.633. The fourth-order valence-corrected chi connectivity index (χ4v) is 1.81. The molecule has 2 aromatic rings. The van der Waals surface area contributed by atoms with Crippen molar-refractivity contribution in [2.75, 3.05) is 4.90 Å². The van der Waals surface area contributed by atoms with Gasteiger partial charge < -0.3 is 4.84 Å². The number of para-hydroxylation sites is 1. The molecular formula is C14H10N4O3. The molecule has 21 heavy (non-hydrogen) atoms. The molecule has 1 fully saturated rings. The second kappa shape index (κ2) is 5.04. The largest absolute Gasteiger partial charge is 0.371 e. The highest BCUT2D eigenvalue weighted by molar-refractivity contribution is 6.25. The Hall–Kier alpha value is -3.22. The van der Waals surface area contributed by atoms with Gasteiger partial charge in [-0.25, -0.2) is 19.7 Å². The second-order valence-corrected chi connectivity index (χ2v) is 4.14. The van der Waals surface area contributed by atoms with Crippen LogP contribution in [0.25, 0.3) is 0 Å². The van der Waals surface area contributed by atoms with Gasteiger partial charge in [0.05, 0.1) is 0 Å². The van der Waals surface area contributed by atoms with Crippen molar-refractivity contribution in [1.29, 1.82) is 0 Å². The molecule has 7 nitrogen and oxygen atoms in total. The van der Waals surface area contributed by atoms with Crippen LogP contribution < -0.4 is 9.74 Å². The van der Waals surface area contributed by atoms with Crippen LogP contribution in [0.15, 0.2) is 61.2 Å². The molecule has 3 rings (SSSR count). The van der Waals surface area contributed by atoms with Gasteiger partial charge in [-0.3, -0.25) is 4.79 Å². The number of imide groups is 1. The summed E-state index contributed by atoms with van der Waals surface area (Å²) in [7, 11) is 0. The molecule has 3 amide bonds. The molecule has 0 bridgehead atoms. The van der Waals surface area contributed by atoms with Crippen LogP contribution in [0.5, 0.6) is 5.75 Å². The van der Waals surface area contributed by atoms with Crippen molar-refractivity contribution in [2.45, 2.75) is 0 Å². The maximum absolute atomic E-state index is 12.3. The smallest absolute Gasteiger partial charge is 0.370 e. The van der Waals surface area contributed by atoms with Crippen LogP contribution in [0.4, 0.5) is 10.6 Å². The molecule has 0 atom stereocenters. The minimum absolute atomic E-state index is 0.0811. The van der Waals surface area contributed by atoms with Crippen LogP contribution in [0, 0.1) is 0 Å². The number of anilines is 1. The Kier molecular flexibility index (Phi) is 3.07. The van der Waals surface area contributed by atoms with Crippen molar-refractivity contribution >= 4 is 17.8 Å². The number of carbonyl (C=O) groups is 2. The molecule has 1 aliphatic heterocycles. The van der Waals surface area contributed by atoms with Crippen LogP contribution in [0.3, 0.4) is 0 Å². The predicted octanol–water partition coefficient (Wildman–Crippen LogP) is 1.75. The Labute approximate surface area is 120 Å². The molecule has 0 N–H and O–H groups in total. The number of urea groups is 1. The fraction of sp³-hybridized carbons (Fsp3) is 0. The number of carbonyl (C=O) groups excluding carboxylic acids is 2. The van der Waals surface area contributed by atoms with Gasteiger partial charge in [0.2, 0.25) is 0 Å². The number of hydrogen-bond donors (Lipinski definition) is 0. The van der Waals surface area contributed by atoms with Gasteiger partial charge in [-0.05, 0) is 18.2 Å². The maximum atomic E-state index is 12.3. The summed E-state index contributed by atoms with van der Waals surface area (Å²) in [5, 5.41) is 0.847. The molecular weight excluding hydrogens is 272 g/mol. The average Bonchev–Trinajstić information content (AvgIpc) is 2.73. The predicted molar refractivity (Wildman–Crippen MR) is 73.0 cm³/mol. The summed E-state index contributed by atoms with van der Waals surface area (Å²) in [6.07, 6.45) is 2.69. The van der Waals surface area contributed by atoms with Gasteiger partial charge in [-0.2, -0.15) is 0 Å². The first-order chi connectivity index (χ1) is 10.2. The number of hydroxylamine groups is 2. The minimum atomic E-state index is -0.674. The van der Waals surface area contributed by atoms with Gasteiger partial charge in [-0.1, -0.05) is 24.8 Å². The first-order valence-corrected chi connectivity index (χ1v) is 6.05. The maximum Gasteiger partial charge on any atom is 0.371 e. The monoisotopic (exact) mass is 282 g/mol. The zero-order valence-electron chi connectivity index (χ0n) is 10.8. The highest BCUT2D eigenvalue weighted by Crippen LogP contribution is 2.26. The third-order valence-electron chi connectivity index (χ3n) is 2.80. The van der Waals surface area contributed by atoms with E-state index < -0.39 is 11.9 Å². The van der Waals surface area contributed by atoms with E-state index in [1.54, 1.807) is 24.3 Å². The normalized spacial score (nSPS) is 14.8. The molecule has 1 aromatic carbocycles. The van der Waals surface area contributed by atoms with Crippen molar-refractivity contribution in [3.8, 4) is 5.75 Å². The van der Waals surface area contributed by atoms with E-state index in [2.05, 4.69) is 16.5 Å². The van der Waals surface area contributed by atoms with Gasteiger partial charge >= 0.3 is 6.03 Å². The van der Waals surface area contributed by atoms with Crippen molar-refractivity contribution in [3.05, 3.63) is 61.2 Å². The lowest BCUT2D eigenvalue weighted by Gasteiger charge is -2.16. The number of hydrogen-bond acceptors (Lipinski definition) is 5. The molecule has 0 aliphatic carbocycles. The second-order valence-electron chi connectivity index (χ2n) is 4.14. The van der Waals surface area contributed by atoms with Crippen LogP contribution in [-0.2, 0) is 4.79 Å². The summed E-state index contributed by atoms with van der Waals surface area (Å²) in [5.74, 6) is -0.000666. The summed E-state index contributed by atoms with van der Waals surface area (Å²) in [6, 6.07) is 9.43. The Morgan fingerprint density at radius 3 is 2.52 bits per heavy atom. The number of rotatable bonds is 3. The average molecular weight is 282 g/mol. The van der Waals surface area contributed by atoms with E-state index in [1.807, 2.05) is 6.07 Å². The highest BCUT2D eigenvalue weighted by atomic mass is 16.7. The molecule has 0 saturated carbocycles. The lowest BCUT2D eigenvalue weighted by molar-refractivity contribution is -0.115. The zero-order valence-corrected chi connectivity index (χ0v) is 10.8. The van der Waals surface area contributed by atoms with E-state index in [0.717, 1.165) is 9.96 Å². The van der Waals surface area contributed by atoms with E-state index in [0.29, 0.717) is 5.75 Å². The zero-order chi connectivity index (χ0) is 14.8. The first-order valence-electron chi connectivity index (χ1n) is 6.05. The van der Waals surface area contributed by atoms with Crippen molar-refractivity contribution in [3.63, 3.8) is 0 Å². The third-order valence-corrected chi connectivity index (χ3v) is 2.80. The Balaban J connectivity index is 1.89. The van der Waals surface area contributed by atoms with Gasteiger partial charge in [0.1, 0.15) is 17.8 Å². The molecule has 0 unspecified atom stereocenters. The summed E-state index contributed by atoms with van der Waals surface area (Å²) in [4.78, 5) is 38.4. The van der Waals surface area contributed by atoms with Crippen LogP contribution >= 0.6 is 0 Å². The topological polar surface area (TPSA) is 75.6 Å². The SMILES string of the molecule is C=C1C(=O)N(c2ccncn2)C(=O)N1Oc1ccccc1. The lowest BCUT2D eigenvalue weighted by atomic mass is 10.3. The summed E-state index contributed by atoms with van der Waals surface area (Å²) in [5.41, 5.74) is -0.0811. The lowest BCUT2D eigenvalue weighted by Crippen LogP contribution is -2.35. The van der Waals surface area contributed by atoms with Crippen molar-refractivity contribution in [1.82, 2.24) is 15.0 Å². The highest BCUT2D eigenvalue weighted by Gasteiger charge is 2.43. The fourth-order valence-electron chi connectivity index (χ4n) is 1.81. The van der Waals surface area contributed by atoms with E-state index in [-0.39, 0.29) is 11.5 Å². The molecule has 1 aliphatic rings. The summed E-state index contributed by atoms with van der Waals surface area (Å²) < 4.78 is 0. The summed E-state index contributed by atoms with van der Waals surface area (Å²) >= 11 is 0. The van der Waals surface area contributed by atoms with E-state index in [9.17, 15) is 9.59 Å². The van der Waals surface area contributed by atoms with Gasteiger partial charge in [0.15, 0.2) is 5.75 Å². The van der Waals surface area contributed by atoms with Crippen LogP contribution in [-0.4, -0.2) is 27.0 Å². The minimum Gasteiger partial charge on any atom is -0.370 e. The molecule has 1 saturated heterocycles. The first kappa shape index (κ1) is 12.8. The van der Waals surface area contributed by atoms with E-state index >= 15 is 0 Å². The van der Waals surface area contributed by atoms with Gasteiger partial charge in [0.25, 0.3) is 5.91 Å². The third kappa shape index (κ3) is 2.20. The standard InChI is InChI=1S/C14H10N4O3/c1-10-13(19)17(12-7-8-15-9-16-12)14(20)18(10)21-11-5-3-2-4-6-11/h2-9H,1H2. The Bertz CT molecular complexity index is 703. The van der Waals surface area contributed by atoms with Gasteiger partial charge in [0, 0.05) is 6.20 Å².